The fourth-order valence-electron chi connectivity index (χ4n) is 2.01. The van der Waals surface area contributed by atoms with Gasteiger partial charge in [0.05, 0.1) is 6.42 Å². The highest BCUT2D eigenvalue weighted by molar-refractivity contribution is 5.80. The highest BCUT2D eigenvalue weighted by Gasteiger charge is 2.23. The highest BCUT2D eigenvalue weighted by Crippen LogP contribution is 2.10. The maximum atomic E-state index is 11.6. The van der Waals surface area contributed by atoms with Crippen LogP contribution in [0.5, 0.6) is 0 Å². The molecule has 7 heteroatoms. The Bertz CT molecular complexity index is 338. The van der Waals surface area contributed by atoms with Crippen LogP contribution < -0.4 is 10.6 Å². The van der Waals surface area contributed by atoms with Gasteiger partial charge in [0.25, 0.3) is 0 Å². The Kier molecular flexibility index (Phi) is 6.11. The number of amides is 3. The molecule has 1 saturated heterocycles. The summed E-state index contributed by atoms with van der Waals surface area (Å²) in [5, 5.41) is 14.0. The normalized spacial score (nSPS) is 15.9. The van der Waals surface area contributed by atoms with Gasteiger partial charge in [-0.2, -0.15) is 0 Å². The molecule has 0 spiro atoms. The number of carbonyl (C=O) groups excluding carboxylic acids is 2. The number of likely N-dealkylation sites (tertiary alicyclic amines) is 1. The summed E-state index contributed by atoms with van der Waals surface area (Å²) >= 11 is 0. The molecule has 1 aliphatic heterocycles. The van der Waals surface area contributed by atoms with Gasteiger partial charge in [-0.1, -0.05) is 0 Å². The third kappa shape index (κ3) is 5.58. The number of urea groups is 1. The van der Waals surface area contributed by atoms with Crippen LogP contribution in [0.3, 0.4) is 0 Å². The van der Waals surface area contributed by atoms with E-state index in [0.717, 1.165) is 0 Å². The second kappa shape index (κ2) is 7.60. The molecule has 108 valence electrons. The summed E-state index contributed by atoms with van der Waals surface area (Å²) in [5.41, 5.74) is 0. The Morgan fingerprint density at radius 3 is 2.37 bits per heavy atom. The van der Waals surface area contributed by atoms with Crippen molar-refractivity contribution in [3.05, 3.63) is 0 Å². The fraction of sp³-hybridized carbons (Fsp3) is 0.750. The number of carbonyl (C=O) groups is 3. The summed E-state index contributed by atoms with van der Waals surface area (Å²) in [4.78, 5) is 35.1. The van der Waals surface area contributed by atoms with Gasteiger partial charge in [-0.15, -0.1) is 0 Å². The molecular formula is C12H21N3O4. The largest absolute Gasteiger partial charge is 0.481 e. The number of nitrogens with zero attached hydrogens (tertiary/aromatic N) is 1. The topological polar surface area (TPSA) is 98.7 Å². The lowest BCUT2D eigenvalue weighted by Gasteiger charge is -2.32. The molecule has 0 aromatic rings. The van der Waals surface area contributed by atoms with Gasteiger partial charge >= 0.3 is 12.0 Å². The van der Waals surface area contributed by atoms with Crippen molar-refractivity contribution in [3.63, 3.8) is 0 Å². The zero-order valence-corrected chi connectivity index (χ0v) is 11.1. The van der Waals surface area contributed by atoms with Crippen LogP contribution in [-0.2, 0) is 9.59 Å². The number of hydrogen-bond acceptors (Lipinski definition) is 3. The average Bonchev–Trinajstić information content (AvgIpc) is 2.37. The van der Waals surface area contributed by atoms with Crippen molar-refractivity contribution in [2.24, 2.45) is 0 Å². The van der Waals surface area contributed by atoms with Crippen molar-refractivity contribution in [2.75, 3.05) is 19.6 Å². The standard InChI is InChI=1S/C12H21N3O4/c1-2-13-12(19)15-7-5-9(6-8-15)14-10(16)3-4-11(17)18/h9H,2-8H2,1H3,(H,13,19)(H,14,16)(H,17,18). The number of nitrogens with one attached hydrogen (secondary N) is 2. The zero-order valence-electron chi connectivity index (χ0n) is 11.1. The van der Waals surface area contributed by atoms with Gasteiger partial charge in [-0.25, -0.2) is 4.79 Å². The molecule has 7 nitrogen and oxygen atoms in total. The molecule has 0 unspecified atom stereocenters. The molecule has 1 heterocycles. The van der Waals surface area contributed by atoms with E-state index in [1.807, 2.05) is 6.92 Å². The predicted molar refractivity (Wildman–Crippen MR) is 68.7 cm³/mol. The molecule has 0 bridgehead atoms. The van der Waals surface area contributed by atoms with Crippen LogP contribution in [-0.4, -0.2) is 53.6 Å². The molecule has 0 aromatic heterocycles. The van der Waals surface area contributed by atoms with Gasteiger partial charge in [0.15, 0.2) is 0 Å². The van der Waals surface area contributed by atoms with Crippen LogP contribution in [0.25, 0.3) is 0 Å². The van der Waals surface area contributed by atoms with Crippen LogP contribution in [0.1, 0.15) is 32.6 Å². The quantitative estimate of drug-likeness (QED) is 0.663. The number of carboxylic acids is 1. The van der Waals surface area contributed by atoms with E-state index in [4.69, 9.17) is 5.11 Å². The Labute approximate surface area is 112 Å². The molecule has 0 aliphatic carbocycles. The molecule has 19 heavy (non-hydrogen) atoms. The van der Waals surface area contributed by atoms with E-state index in [0.29, 0.717) is 32.5 Å². The first-order valence-electron chi connectivity index (χ1n) is 6.56. The van der Waals surface area contributed by atoms with E-state index in [1.165, 1.54) is 0 Å². The lowest BCUT2D eigenvalue weighted by Crippen LogP contribution is -2.49. The van der Waals surface area contributed by atoms with E-state index >= 15 is 0 Å². The third-order valence-corrected chi connectivity index (χ3v) is 3.04. The lowest BCUT2D eigenvalue weighted by molar-refractivity contribution is -0.139. The predicted octanol–water partition coefficient (Wildman–Crippen LogP) is 0.161. The third-order valence-electron chi connectivity index (χ3n) is 3.04. The molecule has 0 aromatic carbocycles. The highest BCUT2D eigenvalue weighted by atomic mass is 16.4. The Morgan fingerprint density at radius 2 is 1.84 bits per heavy atom. The van der Waals surface area contributed by atoms with Gasteiger partial charge < -0.3 is 20.6 Å². The summed E-state index contributed by atoms with van der Waals surface area (Å²) in [5.74, 6) is -1.21. The number of hydrogen-bond donors (Lipinski definition) is 3. The molecule has 1 fully saturated rings. The van der Waals surface area contributed by atoms with Gasteiger partial charge in [0.1, 0.15) is 0 Å². The van der Waals surface area contributed by atoms with Crippen molar-refractivity contribution < 1.29 is 19.5 Å². The van der Waals surface area contributed by atoms with Gasteiger partial charge in [0, 0.05) is 32.1 Å². The second-order valence-corrected chi connectivity index (χ2v) is 4.56. The second-order valence-electron chi connectivity index (χ2n) is 4.56. The lowest BCUT2D eigenvalue weighted by atomic mass is 10.1. The fourth-order valence-corrected chi connectivity index (χ4v) is 2.01. The summed E-state index contributed by atoms with van der Waals surface area (Å²) in [6, 6.07) is -0.0369. The molecule has 1 aliphatic rings. The Morgan fingerprint density at radius 1 is 1.21 bits per heavy atom. The molecule has 1 rings (SSSR count). The first-order valence-corrected chi connectivity index (χ1v) is 6.56. The maximum absolute atomic E-state index is 11.6. The SMILES string of the molecule is CCNC(=O)N1CCC(NC(=O)CCC(=O)O)CC1. The minimum atomic E-state index is -0.971. The minimum Gasteiger partial charge on any atom is -0.481 e. The average molecular weight is 271 g/mol. The van der Waals surface area contributed by atoms with Crippen molar-refractivity contribution in [3.8, 4) is 0 Å². The molecule has 3 N–H and O–H groups in total. The summed E-state index contributed by atoms with van der Waals surface area (Å²) in [6.45, 7) is 3.68. The smallest absolute Gasteiger partial charge is 0.317 e. The summed E-state index contributed by atoms with van der Waals surface area (Å²) < 4.78 is 0. The Balaban J connectivity index is 2.24. The van der Waals surface area contributed by atoms with Crippen molar-refractivity contribution in [1.29, 1.82) is 0 Å². The Hall–Kier alpha value is -1.79. The number of carboxylic acid groups (broad SMARTS) is 1. The monoisotopic (exact) mass is 271 g/mol. The number of aliphatic carboxylic acids is 1. The van der Waals surface area contributed by atoms with E-state index < -0.39 is 5.97 Å². The van der Waals surface area contributed by atoms with Gasteiger partial charge in [0.2, 0.25) is 5.91 Å². The van der Waals surface area contributed by atoms with Crippen LogP contribution in [0.2, 0.25) is 0 Å². The van der Waals surface area contributed by atoms with Gasteiger partial charge in [-0.05, 0) is 19.8 Å². The summed E-state index contributed by atoms with van der Waals surface area (Å²) in [6.07, 6.45) is 1.27. The van der Waals surface area contributed by atoms with Crippen LogP contribution in [0.4, 0.5) is 4.79 Å². The number of piperidine rings is 1. The van der Waals surface area contributed by atoms with Crippen molar-refractivity contribution in [1.82, 2.24) is 15.5 Å². The van der Waals surface area contributed by atoms with Gasteiger partial charge in [-0.3, -0.25) is 9.59 Å². The summed E-state index contributed by atoms with van der Waals surface area (Å²) in [7, 11) is 0. The van der Waals surface area contributed by atoms with Crippen LogP contribution in [0.15, 0.2) is 0 Å². The van der Waals surface area contributed by atoms with Crippen molar-refractivity contribution in [2.45, 2.75) is 38.6 Å². The van der Waals surface area contributed by atoms with Crippen molar-refractivity contribution >= 4 is 17.9 Å². The van der Waals surface area contributed by atoms with Crippen LogP contribution in [0, 0.1) is 0 Å². The molecule has 0 atom stereocenters. The molecule has 0 saturated carbocycles. The minimum absolute atomic E-state index is 0.00582. The maximum Gasteiger partial charge on any atom is 0.317 e. The molecule has 3 amide bonds. The first-order chi connectivity index (χ1) is 9.02. The van der Waals surface area contributed by atoms with Crippen LogP contribution >= 0.6 is 0 Å². The van der Waals surface area contributed by atoms with E-state index in [-0.39, 0.29) is 30.8 Å². The van der Waals surface area contributed by atoms with E-state index in [2.05, 4.69) is 10.6 Å². The molecule has 0 radical (unpaired) electrons. The first kappa shape index (κ1) is 15.3. The van der Waals surface area contributed by atoms with E-state index in [1.54, 1.807) is 4.90 Å². The van der Waals surface area contributed by atoms with E-state index in [9.17, 15) is 14.4 Å². The zero-order chi connectivity index (χ0) is 14.3. The molecular weight excluding hydrogens is 250 g/mol. The number of rotatable bonds is 5.